The van der Waals surface area contributed by atoms with Crippen molar-refractivity contribution >= 4 is 17.3 Å². The van der Waals surface area contributed by atoms with Crippen LogP contribution in [0.3, 0.4) is 0 Å². The first kappa shape index (κ1) is 15.5. The zero-order valence-electron chi connectivity index (χ0n) is 11.2. The van der Waals surface area contributed by atoms with E-state index in [1.54, 1.807) is 31.2 Å². The highest BCUT2D eigenvalue weighted by atomic mass is 35.5. The predicted molar refractivity (Wildman–Crippen MR) is 76.4 cm³/mol. The second-order valence-corrected chi connectivity index (χ2v) is 5.00. The fourth-order valence-corrected chi connectivity index (χ4v) is 2.11. The molecule has 0 unspecified atom stereocenters. The number of benzene rings is 2. The van der Waals surface area contributed by atoms with Gasteiger partial charge in [-0.25, -0.2) is 0 Å². The molecule has 112 valence electrons. The van der Waals surface area contributed by atoms with Crippen molar-refractivity contribution in [2.24, 2.45) is 0 Å². The summed E-state index contributed by atoms with van der Waals surface area (Å²) in [4.78, 5) is 0. The number of nitrogens with two attached hydrogens (primary N) is 1. The second kappa shape index (κ2) is 5.85. The summed E-state index contributed by atoms with van der Waals surface area (Å²) < 4.78 is 44.2. The summed E-state index contributed by atoms with van der Waals surface area (Å²) in [5, 5.41) is 0.357. The van der Waals surface area contributed by atoms with Crippen molar-refractivity contribution in [3.05, 3.63) is 58.1 Å². The maximum absolute atomic E-state index is 13.0. The molecule has 0 fully saturated rings. The van der Waals surface area contributed by atoms with Crippen LogP contribution in [-0.2, 0) is 12.8 Å². The zero-order chi connectivity index (χ0) is 15.6. The van der Waals surface area contributed by atoms with Crippen LogP contribution in [0.4, 0.5) is 18.9 Å². The van der Waals surface area contributed by atoms with E-state index in [1.165, 1.54) is 6.07 Å². The molecule has 0 heterocycles. The molecule has 0 amide bonds. The van der Waals surface area contributed by atoms with E-state index >= 15 is 0 Å². The van der Waals surface area contributed by atoms with Gasteiger partial charge in [0, 0.05) is 16.3 Å². The van der Waals surface area contributed by atoms with Gasteiger partial charge < -0.3 is 10.5 Å². The molecule has 21 heavy (non-hydrogen) atoms. The molecule has 0 saturated carbocycles. The Morgan fingerprint density at radius 3 is 2.52 bits per heavy atom. The number of anilines is 1. The lowest BCUT2D eigenvalue weighted by atomic mass is 10.1. The quantitative estimate of drug-likeness (QED) is 0.823. The van der Waals surface area contributed by atoms with E-state index in [-0.39, 0.29) is 12.4 Å². The largest absolute Gasteiger partial charge is 0.488 e. The lowest BCUT2D eigenvalue weighted by Crippen LogP contribution is -2.10. The van der Waals surface area contributed by atoms with E-state index in [2.05, 4.69) is 0 Å². The Labute approximate surface area is 125 Å². The molecule has 0 aromatic heterocycles. The van der Waals surface area contributed by atoms with Crippen LogP contribution in [0.5, 0.6) is 5.75 Å². The van der Waals surface area contributed by atoms with Crippen molar-refractivity contribution in [3.8, 4) is 5.75 Å². The highest BCUT2D eigenvalue weighted by molar-refractivity contribution is 6.31. The van der Waals surface area contributed by atoms with E-state index in [0.29, 0.717) is 21.8 Å². The average Bonchev–Trinajstić information content (AvgIpc) is 2.38. The van der Waals surface area contributed by atoms with Crippen molar-refractivity contribution in [2.45, 2.75) is 19.7 Å². The molecular formula is C15H13ClF3NO. The number of rotatable bonds is 3. The zero-order valence-corrected chi connectivity index (χ0v) is 11.9. The van der Waals surface area contributed by atoms with Gasteiger partial charge in [-0.2, -0.15) is 13.2 Å². The summed E-state index contributed by atoms with van der Waals surface area (Å²) in [7, 11) is 0. The molecule has 2 aromatic carbocycles. The number of aryl methyl sites for hydroxylation is 1. The van der Waals surface area contributed by atoms with Crippen molar-refractivity contribution in [3.63, 3.8) is 0 Å². The van der Waals surface area contributed by atoms with Gasteiger partial charge in [0.1, 0.15) is 12.4 Å². The molecule has 2 N–H and O–H groups in total. The maximum atomic E-state index is 13.0. The number of nitrogen functional groups attached to an aromatic ring is 1. The van der Waals surface area contributed by atoms with E-state index in [1.807, 2.05) is 0 Å². The maximum Gasteiger partial charge on any atom is 0.419 e. The smallest absolute Gasteiger partial charge is 0.419 e. The van der Waals surface area contributed by atoms with Crippen LogP contribution in [0.1, 0.15) is 16.7 Å². The molecule has 0 aliphatic heterocycles. The molecule has 2 rings (SSSR count). The van der Waals surface area contributed by atoms with Gasteiger partial charge in [-0.15, -0.1) is 0 Å². The molecular weight excluding hydrogens is 303 g/mol. The van der Waals surface area contributed by atoms with Crippen molar-refractivity contribution < 1.29 is 17.9 Å². The van der Waals surface area contributed by atoms with E-state index < -0.39 is 11.7 Å². The second-order valence-electron chi connectivity index (χ2n) is 4.59. The number of hydrogen-bond donors (Lipinski definition) is 1. The van der Waals surface area contributed by atoms with Gasteiger partial charge in [0.25, 0.3) is 0 Å². The number of hydrogen-bond acceptors (Lipinski definition) is 2. The molecule has 0 bridgehead atoms. The van der Waals surface area contributed by atoms with Crippen LogP contribution in [0.25, 0.3) is 0 Å². The first-order chi connectivity index (χ1) is 9.79. The highest BCUT2D eigenvalue weighted by Crippen LogP contribution is 2.37. The Bertz CT molecular complexity index is 636. The van der Waals surface area contributed by atoms with Gasteiger partial charge in [-0.05, 0) is 31.2 Å². The van der Waals surface area contributed by atoms with Gasteiger partial charge in [0.05, 0.1) is 5.56 Å². The lowest BCUT2D eigenvalue weighted by Gasteiger charge is -2.16. The first-order valence-corrected chi connectivity index (χ1v) is 6.50. The van der Waals surface area contributed by atoms with Crippen molar-refractivity contribution in [2.75, 3.05) is 5.73 Å². The Balaban J connectivity index is 2.29. The summed E-state index contributed by atoms with van der Waals surface area (Å²) in [5.41, 5.74) is 6.28. The molecule has 0 atom stereocenters. The van der Waals surface area contributed by atoms with Crippen LogP contribution < -0.4 is 10.5 Å². The third-order valence-electron chi connectivity index (χ3n) is 2.97. The third kappa shape index (κ3) is 3.61. The van der Waals surface area contributed by atoms with Crippen molar-refractivity contribution in [1.29, 1.82) is 0 Å². The molecule has 6 heteroatoms. The third-order valence-corrected chi connectivity index (χ3v) is 3.32. The molecule has 0 aliphatic rings. The van der Waals surface area contributed by atoms with Crippen LogP contribution in [0.15, 0.2) is 36.4 Å². The monoisotopic (exact) mass is 315 g/mol. The minimum atomic E-state index is -4.48. The van der Waals surface area contributed by atoms with Crippen LogP contribution in [0.2, 0.25) is 5.02 Å². The van der Waals surface area contributed by atoms with Crippen LogP contribution in [-0.4, -0.2) is 0 Å². The normalized spacial score (nSPS) is 11.5. The molecule has 2 aromatic rings. The molecule has 0 aliphatic carbocycles. The minimum absolute atomic E-state index is 0.127. The topological polar surface area (TPSA) is 35.2 Å². The average molecular weight is 316 g/mol. The van der Waals surface area contributed by atoms with E-state index in [9.17, 15) is 13.2 Å². The molecule has 0 saturated heterocycles. The molecule has 2 nitrogen and oxygen atoms in total. The highest BCUT2D eigenvalue weighted by Gasteiger charge is 2.34. The van der Waals surface area contributed by atoms with Crippen LogP contribution in [0, 0.1) is 6.92 Å². The Morgan fingerprint density at radius 1 is 1.19 bits per heavy atom. The van der Waals surface area contributed by atoms with Gasteiger partial charge in [0.15, 0.2) is 0 Å². The number of halogens is 4. The molecule has 0 spiro atoms. The minimum Gasteiger partial charge on any atom is -0.488 e. The Kier molecular flexibility index (Phi) is 4.32. The lowest BCUT2D eigenvalue weighted by molar-refractivity contribution is -0.139. The van der Waals surface area contributed by atoms with Gasteiger partial charge in [-0.3, -0.25) is 0 Å². The fourth-order valence-electron chi connectivity index (χ4n) is 1.87. The SMILES string of the molecule is Cc1ccc(OCc2c(N)cccc2Cl)c(C(F)(F)F)c1. The summed E-state index contributed by atoms with van der Waals surface area (Å²) in [6.07, 6.45) is -4.48. The van der Waals surface area contributed by atoms with Crippen LogP contribution >= 0.6 is 11.6 Å². The number of ether oxygens (including phenoxy) is 1. The Hall–Kier alpha value is -1.88. The predicted octanol–water partition coefficient (Wildman–Crippen LogP) is 4.83. The molecule has 0 radical (unpaired) electrons. The summed E-state index contributed by atoms with van der Waals surface area (Å²) in [6.45, 7) is 1.46. The van der Waals surface area contributed by atoms with Gasteiger partial charge in [0.2, 0.25) is 0 Å². The van der Waals surface area contributed by atoms with Gasteiger partial charge in [-0.1, -0.05) is 29.3 Å². The standard InChI is InChI=1S/C15H13ClF3NO/c1-9-5-6-14(11(7-9)15(17,18)19)21-8-10-12(16)3-2-4-13(10)20/h2-7H,8,20H2,1H3. The Morgan fingerprint density at radius 2 is 1.90 bits per heavy atom. The summed E-state index contributed by atoms with van der Waals surface area (Å²) in [6, 6.07) is 8.78. The summed E-state index contributed by atoms with van der Waals surface area (Å²) in [5.74, 6) is -0.243. The van der Waals surface area contributed by atoms with Gasteiger partial charge >= 0.3 is 6.18 Å². The number of alkyl halides is 3. The first-order valence-electron chi connectivity index (χ1n) is 6.12. The fraction of sp³-hybridized carbons (Fsp3) is 0.200. The van der Waals surface area contributed by atoms with E-state index in [4.69, 9.17) is 22.1 Å². The summed E-state index contributed by atoms with van der Waals surface area (Å²) >= 11 is 5.97. The van der Waals surface area contributed by atoms with Crippen molar-refractivity contribution in [1.82, 2.24) is 0 Å². The van der Waals surface area contributed by atoms with E-state index in [0.717, 1.165) is 6.07 Å².